The summed E-state index contributed by atoms with van der Waals surface area (Å²) >= 11 is 0. The molecule has 0 saturated heterocycles. The van der Waals surface area contributed by atoms with E-state index >= 15 is 0 Å². The van der Waals surface area contributed by atoms with Gasteiger partial charge in [-0.1, -0.05) is 200 Å². The fourth-order valence-electron chi connectivity index (χ4n) is 9.09. The first-order chi connectivity index (χ1) is 28.3. The van der Waals surface area contributed by atoms with Crippen LogP contribution in [0.4, 0.5) is 0 Å². The van der Waals surface area contributed by atoms with Crippen molar-refractivity contribution in [3.63, 3.8) is 0 Å². The van der Waals surface area contributed by atoms with Crippen molar-refractivity contribution in [2.75, 3.05) is 0 Å². The van der Waals surface area contributed by atoms with Crippen molar-refractivity contribution in [3.8, 4) is 61.6 Å². The van der Waals surface area contributed by atoms with Crippen molar-refractivity contribution in [2.24, 2.45) is 0 Å². The Kier molecular flexibility index (Phi) is 7.89. The third-order valence-corrected chi connectivity index (χ3v) is 11.6. The first kappa shape index (κ1) is 32.9. The molecular weight excluding hydrogens is 687 g/mol. The van der Waals surface area contributed by atoms with Gasteiger partial charge in [0.25, 0.3) is 0 Å². The van der Waals surface area contributed by atoms with Gasteiger partial charge in [-0.2, -0.15) is 0 Å². The molecule has 1 nitrogen and oxygen atoms in total. The van der Waals surface area contributed by atoms with Gasteiger partial charge in [0.2, 0.25) is 0 Å². The lowest BCUT2D eigenvalue weighted by Gasteiger charge is -2.23. The van der Waals surface area contributed by atoms with Crippen LogP contribution >= 0.6 is 0 Å². The molecule has 0 atom stereocenters. The van der Waals surface area contributed by atoms with E-state index in [1.54, 1.807) is 0 Å². The minimum atomic E-state index is 1.12. The molecule has 11 aromatic rings. The Hall–Kier alpha value is -7.48. The third-order valence-electron chi connectivity index (χ3n) is 11.6. The van der Waals surface area contributed by atoms with Gasteiger partial charge < -0.3 is 4.57 Å². The highest BCUT2D eigenvalue weighted by molar-refractivity contribution is 6.27. The zero-order chi connectivity index (χ0) is 37.7. The quantitative estimate of drug-likeness (QED) is 0.151. The topological polar surface area (TPSA) is 4.93 Å². The molecule has 11 rings (SSSR count). The molecule has 0 bridgehead atoms. The Balaban J connectivity index is 1.32. The molecule has 0 aliphatic rings. The van der Waals surface area contributed by atoms with Crippen LogP contribution in [0.2, 0.25) is 0 Å². The van der Waals surface area contributed by atoms with E-state index in [0.29, 0.717) is 0 Å². The lowest BCUT2D eigenvalue weighted by atomic mass is 9.81. The monoisotopic (exact) mass is 723 g/mol. The van der Waals surface area contributed by atoms with E-state index in [1.807, 2.05) is 0 Å². The van der Waals surface area contributed by atoms with E-state index in [9.17, 15) is 0 Å². The standard InChI is InChI=1S/C56H37N/c1-4-17-39(18-5-1)46-33-31-40-20-11-13-27-45(40)55(46)56-49-29-15-14-28-48(49)54(47-30-16-25-38-19-10-12-26-44(38)47)51-37-43(32-34-50(51)56)57-52(41-21-6-2-7-22-41)35-36-53(57)42-23-8-3-9-24-42/h1-37H. The lowest BCUT2D eigenvalue weighted by molar-refractivity contribution is 1.10. The summed E-state index contributed by atoms with van der Waals surface area (Å²) in [6, 6.07) is 82.1. The number of aromatic nitrogens is 1. The molecule has 0 unspecified atom stereocenters. The maximum Gasteiger partial charge on any atom is 0.0535 e. The Morgan fingerprint density at radius 2 is 0.737 bits per heavy atom. The highest BCUT2D eigenvalue weighted by Crippen LogP contribution is 2.50. The molecule has 0 aliphatic heterocycles. The van der Waals surface area contributed by atoms with E-state index in [4.69, 9.17) is 0 Å². The van der Waals surface area contributed by atoms with Crippen LogP contribution in [0.15, 0.2) is 224 Å². The Morgan fingerprint density at radius 3 is 1.39 bits per heavy atom. The maximum atomic E-state index is 2.45. The average molecular weight is 724 g/mol. The van der Waals surface area contributed by atoms with Gasteiger partial charge in [0, 0.05) is 5.69 Å². The maximum absolute atomic E-state index is 2.45. The van der Waals surface area contributed by atoms with Gasteiger partial charge >= 0.3 is 0 Å². The number of hydrogen-bond acceptors (Lipinski definition) is 0. The molecule has 266 valence electrons. The van der Waals surface area contributed by atoms with Gasteiger partial charge in [-0.3, -0.25) is 0 Å². The Labute approximate surface area is 332 Å². The smallest absolute Gasteiger partial charge is 0.0535 e. The highest BCUT2D eigenvalue weighted by Gasteiger charge is 2.23. The Bertz CT molecular complexity index is 3200. The largest absolute Gasteiger partial charge is 0.309 e. The zero-order valence-corrected chi connectivity index (χ0v) is 31.3. The molecule has 1 heterocycles. The summed E-state index contributed by atoms with van der Waals surface area (Å²) in [6.07, 6.45) is 0. The van der Waals surface area contributed by atoms with Crippen molar-refractivity contribution in [1.29, 1.82) is 0 Å². The summed E-state index contributed by atoms with van der Waals surface area (Å²) in [6.45, 7) is 0. The second-order valence-electron chi connectivity index (χ2n) is 14.8. The summed E-state index contributed by atoms with van der Waals surface area (Å²) in [7, 11) is 0. The molecule has 1 aromatic heterocycles. The van der Waals surface area contributed by atoms with E-state index in [1.165, 1.54) is 87.6 Å². The molecule has 0 radical (unpaired) electrons. The average Bonchev–Trinajstić information content (AvgIpc) is 3.74. The van der Waals surface area contributed by atoms with Crippen molar-refractivity contribution in [3.05, 3.63) is 224 Å². The van der Waals surface area contributed by atoms with Crippen LogP contribution in [-0.2, 0) is 0 Å². The number of fused-ring (bicyclic) bond motifs is 4. The van der Waals surface area contributed by atoms with Gasteiger partial charge in [0.1, 0.15) is 0 Å². The molecule has 0 aliphatic carbocycles. The van der Waals surface area contributed by atoms with Crippen LogP contribution in [0.25, 0.3) is 105 Å². The first-order valence-electron chi connectivity index (χ1n) is 19.7. The summed E-state index contributed by atoms with van der Waals surface area (Å²) in [5, 5.41) is 9.87. The second kappa shape index (κ2) is 13.7. The molecule has 0 fully saturated rings. The van der Waals surface area contributed by atoms with Crippen LogP contribution in [0, 0.1) is 0 Å². The van der Waals surface area contributed by atoms with E-state index < -0.39 is 0 Å². The van der Waals surface area contributed by atoms with Gasteiger partial charge in [0.15, 0.2) is 0 Å². The van der Waals surface area contributed by atoms with Crippen molar-refractivity contribution in [2.45, 2.75) is 0 Å². The minimum Gasteiger partial charge on any atom is -0.309 e. The van der Waals surface area contributed by atoms with Gasteiger partial charge in [0.05, 0.1) is 11.4 Å². The molecule has 0 N–H and O–H groups in total. The fourth-order valence-corrected chi connectivity index (χ4v) is 9.09. The predicted molar refractivity (Wildman–Crippen MR) is 243 cm³/mol. The molecule has 0 spiro atoms. The van der Waals surface area contributed by atoms with Crippen LogP contribution in [0.1, 0.15) is 0 Å². The molecule has 0 saturated carbocycles. The fraction of sp³-hybridized carbons (Fsp3) is 0. The van der Waals surface area contributed by atoms with Crippen LogP contribution in [-0.4, -0.2) is 4.57 Å². The first-order valence-corrected chi connectivity index (χ1v) is 19.7. The number of nitrogens with zero attached hydrogens (tertiary/aromatic N) is 1. The molecular formula is C56H37N. The van der Waals surface area contributed by atoms with E-state index in [0.717, 1.165) is 17.1 Å². The van der Waals surface area contributed by atoms with E-state index in [-0.39, 0.29) is 0 Å². The third kappa shape index (κ3) is 5.47. The van der Waals surface area contributed by atoms with Crippen molar-refractivity contribution >= 4 is 43.1 Å². The van der Waals surface area contributed by atoms with Crippen molar-refractivity contribution < 1.29 is 0 Å². The highest BCUT2D eigenvalue weighted by atomic mass is 15.0. The number of benzene rings is 10. The molecule has 10 aromatic carbocycles. The molecule has 57 heavy (non-hydrogen) atoms. The van der Waals surface area contributed by atoms with Crippen LogP contribution < -0.4 is 0 Å². The summed E-state index contributed by atoms with van der Waals surface area (Å²) in [5.74, 6) is 0. The summed E-state index contributed by atoms with van der Waals surface area (Å²) in [5.41, 5.74) is 13.2. The van der Waals surface area contributed by atoms with Gasteiger partial charge in [-0.25, -0.2) is 0 Å². The van der Waals surface area contributed by atoms with Crippen molar-refractivity contribution in [1.82, 2.24) is 4.57 Å². The van der Waals surface area contributed by atoms with Crippen LogP contribution in [0.5, 0.6) is 0 Å². The zero-order valence-electron chi connectivity index (χ0n) is 31.3. The lowest BCUT2D eigenvalue weighted by Crippen LogP contribution is -2.01. The number of hydrogen-bond donors (Lipinski definition) is 0. The van der Waals surface area contributed by atoms with Gasteiger partial charge in [-0.15, -0.1) is 0 Å². The summed E-state index contributed by atoms with van der Waals surface area (Å²) in [4.78, 5) is 0. The van der Waals surface area contributed by atoms with Crippen LogP contribution in [0.3, 0.4) is 0 Å². The SMILES string of the molecule is c1ccc(-c2ccc3ccccc3c2-c2c3ccccc3c(-c3cccc4ccccc34)c3cc(-n4c(-c5ccccc5)ccc4-c4ccccc4)ccc23)cc1. The normalized spacial score (nSPS) is 11.5. The number of rotatable bonds is 6. The molecule has 1 heteroatoms. The van der Waals surface area contributed by atoms with E-state index in [2.05, 4.69) is 229 Å². The second-order valence-corrected chi connectivity index (χ2v) is 14.8. The molecule has 0 amide bonds. The minimum absolute atomic E-state index is 1.12. The summed E-state index contributed by atoms with van der Waals surface area (Å²) < 4.78 is 2.44. The predicted octanol–water partition coefficient (Wildman–Crippen LogP) is 15.4. The Morgan fingerprint density at radius 1 is 0.246 bits per heavy atom. The van der Waals surface area contributed by atoms with Gasteiger partial charge in [-0.05, 0) is 112 Å².